The van der Waals surface area contributed by atoms with Crippen LogP contribution < -0.4 is 10.9 Å². The Kier molecular flexibility index (Phi) is 3.05. The second-order valence-electron chi connectivity index (χ2n) is 4.27. The zero-order valence-corrected chi connectivity index (χ0v) is 10.6. The van der Waals surface area contributed by atoms with Crippen LogP contribution in [0.1, 0.15) is 29.3 Å². The molecule has 1 aliphatic rings. The minimum Gasteiger partial charge on any atom is -0.311 e. The van der Waals surface area contributed by atoms with E-state index in [2.05, 4.69) is 15.3 Å². The van der Waals surface area contributed by atoms with Gasteiger partial charge in [-0.05, 0) is 19.9 Å². The van der Waals surface area contributed by atoms with Gasteiger partial charge in [0, 0.05) is 18.4 Å². The predicted octanol–water partition coefficient (Wildman–Crippen LogP) is -0.479. The van der Waals surface area contributed by atoms with Gasteiger partial charge in [-0.3, -0.25) is 4.79 Å². The molecule has 2 rings (SSSR count). The minimum absolute atomic E-state index is 0.220. The van der Waals surface area contributed by atoms with Crippen molar-refractivity contribution in [1.29, 1.82) is 0 Å². The number of hydrogen-bond acceptors (Lipinski definition) is 5. The molecule has 1 aromatic rings. The average Bonchev–Trinajstić information content (AvgIpc) is 2.27. The van der Waals surface area contributed by atoms with Gasteiger partial charge in [0.1, 0.15) is 11.1 Å². The molecule has 17 heavy (non-hydrogen) atoms. The molecular weight excluding hydrogens is 242 g/mol. The van der Waals surface area contributed by atoms with Crippen molar-refractivity contribution in [2.75, 3.05) is 12.8 Å². The summed E-state index contributed by atoms with van der Waals surface area (Å²) in [5, 5.41) is 2.32. The summed E-state index contributed by atoms with van der Waals surface area (Å²) in [6, 6.07) is 0. The smallest absolute Gasteiger partial charge is 0.254 e. The fourth-order valence-electron chi connectivity index (χ4n) is 1.78. The Morgan fingerprint density at radius 1 is 1.41 bits per heavy atom. The van der Waals surface area contributed by atoms with Crippen molar-refractivity contribution in [2.24, 2.45) is 0 Å². The number of sulfone groups is 1. The molecule has 2 heterocycles. The average molecular weight is 257 g/mol. The van der Waals surface area contributed by atoms with Crippen molar-refractivity contribution in [3.63, 3.8) is 0 Å². The van der Waals surface area contributed by atoms with E-state index in [1.807, 2.05) is 0 Å². The summed E-state index contributed by atoms with van der Waals surface area (Å²) in [6.07, 6.45) is 1.76. The number of aromatic amines is 1. The van der Waals surface area contributed by atoms with Gasteiger partial charge < -0.3 is 10.3 Å². The maximum absolute atomic E-state index is 11.8. The molecule has 2 N–H and O–H groups in total. The van der Waals surface area contributed by atoms with Crippen LogP contribution in [0.4, 0.5) is 0 Å². The normalized spacial score (nSPS) is 17.5. The molecule has 7 heteroatoms. The quantitative estimate of drug-likeness (QED) is 0.746. The van der Waals surface area contributed by atoms with Crippen molar-refractivity contribution in [3.8, 4) is 0 Å². The fourth-order valence-corrected chi connectivity index (χ4v) is 2.30. The summed E-state index contributed by atoms with van der Waals surface area (Å²) in [5.74, 6) is 0.222. The highest BCUT2D eigenvalue weighted by atomic mass is 32.2. The van der Waals surface area contributed by atoms with Crippen LogP contribution in [0.2, 0.25) is 0 Å². The van der Waals surface area contributed by atoms with Crippen molar-refractivity contribution in [3.05, 3.63) is 27.4 Å². The van der Waals surface area contributed by atoms with Crippen LogP contribution in [0.25, 0.3) is 0 Å². The summed E-state index contributed by atoms with van der Waals surface area (Å²) in [4.78, 5) is 18.6. The second kappa shape index (κ2) is 4.23. The Bertz CT molecular complexity index is 591. The van der Waals surface area contributed by atoms with Gasteiger partial charge in [0.15, 0.2) is 9.84 Å². The first-order valence-corrected chi connectivity index (χ1v) is 7.36. The van der Waals surface area contributed by atoms with E-state index in [0.717, 1.165) is 12.8 Å². The van der Waals surface area contributed by atoms with E-state index in [0.29, 0.717) is 24.2 Å². The molecule has 0 aromatic carbocycles. The maximum atomic E-state index is 11.8. The summed E-state index contributed by atoms with van der Waals surface area (Å²) in [5.41, 5.74) is 1.10. The van der Waals surface area contributed by atoms with E-state index < -0.39 is 15.1 Å². The highest BCUT2D eigenvalue weighted by molar-refractivity contribution is 7.90. The molecule has 1 aromatic heterocycles. The molecular formula is C10H15N3O3S. The monoisotopic (exact) mass is 257 g/mol. The van der Waals surface area contributed by atoms with Gasteiger partial charge in [-0.15, -0.1) is 0 Å². The van der Waals surface area contributed by atoms with Gasteiger partial charge >= 0.3 is 0 Å². The van der Waals surface area contributed by atoms with E-state index in [4.69, 9.17) is 0 Å². The topological polar surface area (TPSA) is 91.9 Å². The summed E-state index contributed by atoms with van der Waals surface area (Å²) in [6.45, 7) is 2.79. The van der Waals surface area contributed by atoms with Crippen molar-refractivity contribution >= 4 is 9.84 Å². The molecule has 1 aliphatic heterocycles. The van der Waals surface area contributed by atoms with Crippen molar-refractivity contribution < 1.29 is 8.42 Å². The van der Waals surface area contributed by atoms with Crippen LogP contribution in [-0.4, -0.2) is 31.2 Å². The highest BCUT2D eigenvalue weighted by Gasteiger charge is 2.23. The first kappa shape index (κ1) is 12.3. The molecule has 0 amide bonds. The van der Waals surface area contributed by atoms with Crippen LogP contribution in [-0.2, 0) is 22.8 Å². The van der Waals surface area contributed by atoms with Gasteiger partial charge in [0.25, 0.3) is 5.56 Å². The number of rotatable bonds is 2. The number of fused-ring (bicyclic) bond motifs is 1. The lowest BCUT2D eigenvalue weighted by molar-refractivity contribution is 0.583. The first-order chi connectivity index (χ1) is 7.89. The molecule has 0 saturated carbocycles. The second-order valence-corrected chi connectivity index (χ2v) is 6.64. The number of H-pyrrole nitrogens is 1. The van der Waals surface area contributed by atoms with Crippen LogP contribution in [0.3, 0.4) is 0 Å². The highest BCUT2D eigenvalue weighted by Crippen LogP contribution is 2.17. The SMILES string of the molecule is CC(c1nc2c(c(=O)[nH]1)CCNC2)S(C)(=O)=O. The van der Waals surface area contributed by atoms with E-state index in [9.17, 15) is 13.2 Å². The third-order valence-corrected chi connectivity index (χ3v) is 4.50. The third-order valence-electron chi connectivity index (χ3n) is 2.99. The van der Waals surface area contributed by atoms with Crippen LogP contribution in [0.15, 0.2) is 4.79 Å². The Morgan fingerprint density at radius 3 is 2.76 bits per heavy atom. The molecule has 0 radical (unpaired) electrons. The fraction of sp³-hybridized carbons (Fsp3) is 0.600. The van der Waals surface area contributed by atoms with Crippen LogP contribution in [0.5, 0.6) is 0 Å². The molecule has 94 valence electrons. The van der Waals surface area contributed by atoms with Gasteiger partial charge in [0.05, 0.1) is 5.69 Å². The minimum atomic E-state index is -3.25. The van der Waals surface area contributed by atoms with E-state index >= 15 is 0 Å². The Balaban J connectivity index is 2.52. The molecule has 6 nitrogen and oxygen atoms in total. The first-order valence-electron chi connectivity index (χ1n) is 5.41. The third kappa shape index (κ3) is 2.39. The number of nitrogens with zero attached hydrogens (tertiary/aromatic N) is 1. The van der Waals surface area contributed by atoms with Crippen molar-refractivity contribution in [1.82, 2.24) is 15.3 Å². The largest absolute Gasteiger partial charge is 0.311 e. The summed E-state index contributed by atoms with van der Waals surface area (Å²) in [7, 11) is -3.25. The summed E-state index contributed by atoms with van der Waals surface area (Å²) >= 11 is 0. The lowest BCUT2D eigenvalue weighted by Crippen LogP contribution is -2.32. The van der Waals surface area contributed by atoms with Crippen LogP contribution in [0, 0.1) is 0 Å². The zero-order chi connectivity index (χ0) is 12.6. The van der Waals surface area contributed by atoms with Gasteiger partial charge in [-0.25, -0.2) is 13.4 Å². The molecule has 1 atom stereocenters. The molecule has 0 bridgehead atoms. The molecule has 0 saturated heterocycles. The standard InChI is InChI=1S/C10H15N3O3S/c1-6(17(2,15)16)9-12-8-5-11-4-3-7(8)10(14)13-9/h6,11H,3-5H2,1-2H3,(H,12,13,14). The summed E-state index contributed by atoms with van der Waals surface area (Å²) < 4.78 is 22.9. The molecule has 0 spiro atoms. The Morgan fingerprint density at radius 2 is 2.12 bits per heavy atom. The predicted molar refractivity (Wildman–Crippen MR) is 63.5 cm³/mol. The zero-order valence-electron chi connectivity index (χ0n) is 9.78. The van der Waals surface area contributed by atoms with Crippen LogP contribution >= 0.6 is 0 Å². The number of aromatic nitrogens is 2. The molecule has 0 aliphatic carbocycles. The van der Waals surface area contributed by atoms with Gasteiger partial charge in [-0.1, -0.05) is 0 Å². The molecule has 1 unspecified atom stereocenters. The molecule has 0 fully saturated rings. The van der Waals surface area contributed by atoms with Gasteiger partial charge in [-0.2, -0.15) is 0 Å². The Labute approximate surface area is 99.4 Å². The van der Waals surface area contributed by atoms with Crippen molar-refractivity contribution in [2.45, 2.75) is 25.1 Å². The lowest BCUT2D eigenvalue weighted by Gasteiger charge is -2.17. The van der Waals surface area contributed by atoms with E-state index in [-0.39, 0.29) is 11.4 Å². The number of nitrogens with one attached hydrogen (secondary N) is 2. The van der Waals surface area contributed by atoms with Gasteiger partial charge in [0.2, 0.25) is 0 Å². The maximum Gasteiger partial charge on any atom is 0.254 e. The lowest BCUT2D eigenvalue weighted by atomic mass is 10.1. The van der Waals surface area contributed by atoms with E-state index in [1.54, 1.807) is 0 Å². The number of hydrogen-bond donors (Lipinski definition) is 2. The Hall–Kier alpha value is -1.21. The van der Waals surface area contributed by atoms with E-state index in [1.165, 1.54) is 6.92 Å².